The van der Waals surface area contributed by atoms with Crippen LogP contribution in [0.4, 0.5) is 0 Å². The Kier molecular flexibility index (Phi) is 3.71. The van der Waals surface area contributed by atoms with Gasteiger partial charge in [0.2, 0.25) is 5.91 Å². The van der Waals surface area contributed by atoms with Crippen molar-refractivity contribution < 1.29 is 9.21 Å². The van der Waals surface area contributed by atoms with Gasteiger partial charge < -0.3 is 14.6 Å². The molecule has 1 rings (SSSR count). The second-order valence-electron chi connectivity index (χ2n) is 3.47. The van der Waals surface area contributed by atoms with E-state index in [1.54, 1.807) is 31.5 Å². The van der Waals surface area contributed by atoms with E-state index in [-0.39, 0.29) is 11.9 Å². The van der Waals surface area contributed by atoms with Crippen molar-refractivity contribution in [3.8, 4) is 0 Å². The number of furan rings is 1. The van der Waals surface area contributed by atoms with Crippen LogP contribution in [-0.2, 0) is 11.3 Å². The molecule has 0 unspecified atom stereocenters. The van der Waals surface area contributed by atoms with Gasteiger partial charge in [0.1, 0.15) is 0 Å². The van der Waals surface area contributed by atoms with Crippen LogP contribution >= 0.6 is 0 Å². The maximum atomic E-state index is 11.4. The van der Waals surface area contributed by atoms with E-state index < -0.39 is 0 Å². The number of likely N-dealkylation sites (N-methyl/N-ethyl adjacent to an activating group) is 1. The van der Waals surface area contributed by atoms with Crippen molar-refractivity contribution in [1.82, 2.24) is 10.2 Å². The summed E-state index contributed by atoms with van der Waals surface area (Å²) in [4.78, 5) is 13.0. The van der Waals surface area contributed by atoms with Gasteiger partial charge in [-0.15, -0.1) is 0 Å². The first-order chi connectivity index (χ1) is 6.61. The Morgan fingerprint density at radius 2 is 2.36 bits per heavy atom. The van der Waals surface area contributed by atoms with Crippen LogP contribution in [0, 0.1) is 0 Å². The van der Waals surface area contributed by atoms with E-state index in [1.165, 1.54) is 0 Å². The van der Waals surface area contributed by atoms with E-state index in [9.17, 15) is 4.79 Å². The fraction of sp³-hybridized carbons (Fsp3) is 0.500. The van der Waals surface area contributed by atoms with E-state index in [2.05, 4.69) is 5.32 Å². The molecule has 0 fully saturated rings. The van der Waals surface area contributed by atoms with Crippen LogP contribution in [0.2, 0.25) is 0 Å². The van der Waals surface area contributed by atoms with Crippen LogP contribution in [-0.4, -0.2) is 30.9 Å². The summed E-state index contributed by atoms with van der Waals surface area (Å²) in [5, 5.41) is 3.11. The van der Waals surface area contributed by atoms with Crippen LogP contribution in [0.25, 0.3) is 0 Å². The molecule has 0 aliphatic rings. The summed E-state index contributed by atoms with van der Waals surface area (Å²) in [6.45, 7) is 2.50. The van der Waals surface area contributed by atoms with Crippen LogP contribution in [0.3, 0.4) is 0 Å². The molecule has 0 saturated heterocycles. The summed E-state index contributed by atoms with van der Waals surface area (Å²) >= 11 is 0. The highest BCUT2D eigenvalue weighted by atomic mass is 16.3. The summed E-state index contributed by atoms with van der Waals surface area (Å²) in [6.07, 6.45) is 3.29. The molecule has 4 nitrogen and oxygen atoms in total. The normalized spacial score (nSPS) is 12.5. The number of amides is 1. The van der Waals surface area contributed by atoms with Crippen molar-refractivity contribution in [2.75, 3.05) is 14.1 Å². The lowest BCUT2D eigenvalue weighted by Gasteiger charge is -2.17. The molecule has 1 N–H and O–H groups in total. The molecule has 1 aromatic heterocycles. The Morgan fingerprint density at radius 1 is 1.64 bits per heavy atom. The molecular weight excluding hydrogens is 180 g/mol. The van der Waals surface area contributed by atoms with Crippen molar-refractivity contribution in [3.63, 3.8) is 0 Å². The third-order valence-corrected chi connectivity index (χ3v) is 2.00. The Balaban J connectivity index is 2.35. The average Bonchev–Trinajstić information content (AvgIpc) is 2.65. The predicted molar refractivity (Wildman–Crippen MR) is 53.7 cm³/mol. The zero-order valence-corrected chi connectivity index (χ0v) is 8.78. The zero-order valence-electron chi connectivity index (χ0n) is 8.78. The van der Waals surface area contributed by atoms with Crippen LogP contribution in [0.5, 0.6) is 0 Å². The van der Waals surface area contributed by atoms with E-state index in [1.807, 2.05) is 13.0 Å². The first kappa shape index (κ1) is 10.8. The lowest BCUT2D eigenvalue weighted by Crippen LogP contribution is -2.41. The van der Waals surface area contributed by atoms with E-state index in [4.69, 9.17) is 4.42 Å². The van der Waals surface area contributed by atoms with Crippen molar-refractivity contribution in [3.05, 3.63) is 24.2 Å². The molecule has 14 heavy (non-hydrogen) atoms. The quantitative estimate of drug-likeness (QED) is 0.776. The van der Waals surface area contributed by atoms with Gasteiger partial charge in [-0.25, -0.2) is 0 Å². The Morgan fingerprint density at radius 3 is 2.86 bits per heavy atom. The fourth-order valence-electron chi connectivity index (χ4n) is 1.14. The predicted octanol–water partition coefficient (Wildman–Crippen LogP) is 0.846. The van der Waals surface area contributed by atoms with Gasteiger partial charge in [0, 0.05) is 26.2 Å². The molecule has 0 aliphatic heterocycles. The summed E-state index contributed by atoms with van der Waals surface area (Å²) < 4.78 is 4.92. The first-order valence-electron chi connectivity index (χ1n) is 4.57. The topological polar surface area (TPSA) is 45.5 Å². The van der Waals surface area contributed by atoms with Crippen molar-refractivity contribution in [2.24, 2.45) is 0 Å². The lowest BCUT2D eigenvalue weighted by atomic mass is 10.2. The Bertz CT molecular complexity index is 280. The lowest BCUT2D eigenvalue weighted by molar-refractivity contribution is -0.130. The van der Waals surface area contributed by atoms with Gasteiger partial charge in [0.25, 0.3) is 0 Å². The molecule has 1 aromatic rings. The van der Waals surface area contributed by atoms with Gasteiger partial charge >= 0.3 is 0 Å². The first-order valence-corrected chi connectivity index (χ1v) is 4.57. The minimum atomic E-state index is -0.167. The maximum absolute atomic E-state index is 11.4. The van der Waals surface area contributed by atoms with Crippen LogP contribution < -0.4 is 5.32 Å². The van der Waals surface area contributed by atoms with E-state index >= 15 is 0 Å². The molecule has 1 amide bonds. The third kappa shape index (κ3) is 2.88. The van der Waals surface area contributed by atoms with Gasteiger partial charge in [-0.1, -0.05) is 0 Å². The van der Waals surface area contributed by atoms with Crippen LogP contribution in [0.15, 0.2) is 23.0 Å². The molecule has 0 spiro atoms. The van der Waals surface area contributed by atoms with E-state index in [0.717, 1.165) is 5.56 Å². The summed E-state index contributed by atoms with van der Waals surface area (Å²) in [5.41, 5.74) is 1.04. The second kappa shape index (κ2) is 4.81. The SMILES string of the molecule is C[C@@H](NCc1ccoc1)C(=O)N(C)C. The van der Waals surface area contributed by atoms with Gasteiger partial charge in [-0.3, -0.25) is 4.79 Å². The molecule has 1 heterocycles. The number of carbonyl (C=O) groups is 1. The molecule has 0 bridgehead atoms. The number of hydrogen-bond donors (Lipinski definition) is 1. The van der Waals surface area contributed by atoms with Crippen molar-refractivity contribution >= 4 is 5.91 Å². The molecule has 0 aliphatic carbocycles. The number of nitrogens with one attached hydrogen (secondary N) is 1. The minimum Gasteiger partial charge on any atom is -0.472 e. The number of carbonyl (C=O) groups excluding carboxylic acids is 1. The summed E-state index contributed by atoms with van der Waals surface area (Å²) in [6, 6.07) is 1.71. The average molecular weight is 196 g/mol. The molecule has 4 heteroatoms. The third-order valence-electron chi connectivity index (χ3n) is 2.00. The van der Waals surface area contributed by atoms with Gasteiger partial charge in [0.05, 0.1) is 18.6 Å². The Hall–Kier alpha value is -1.29. The van der Waals surface area contributed by atoms with Crippen molar-refractivity contribution in [1.29, 1.82) is 0 Å². The number of hydrogen-bond acceptors (Lipinski definition) is 3. The molecule has 0 saturated carbocycles. The molecule has 78 valence electrons. The largest absolute Gasteiger partial charge is 0.472 e. The standard InChI is InChI=1S/C10H16N2O2/c1-8(10(13)12(2)3)11-6-9-4-5-14-7-9/h4-5,7-8,11H,6H2,1-3H3/t8-/m1/s1. The van der Waals surface area contributed by atoms with Gasteiger partial charge in [-0.2, -0.15) is 0 Å². The molecule has 1 atom stereocenters. The highest BCUT2D eigenvalue weighted by molar-refractivity contribution is 5.80. The number of nitrogens with zero attached hydrogens (tertiary/aromatic N) is 1. The second-order valence-corrected chi connectivity index (χ2v) is 3.47. The highest BCUT2D eigenvalue weighted by Gasteiger charge is 2.13. The molecule has 0 aromatic carbocycles. The Labute approximate surface area is 83.9 Å². The zero-order chi connectivity index (χ0) is 10.6. The van der Waals surface area contributed by atoms with Crippen LogP contribution in [0.1, 0.15) is 12.5 Å². The smallest absolute Gasteiger partial charge is 0.238 e. The van der Waals surface area contributed by atoms with Gasteiger partial charge in [0.15, 0.2) is 0 Å². The summed E-state index contributed by atoms with van der Waals surface area (Å²) in [5.74, 6) is 0.0773. The van der Waals surface area contributed by atoms with Crippen molar-refractivity contribution in [2.45, 2.75) is 19.5 Å². The highest BCUT2D eigenvalue weighted by Crippen LogP contribution is 1.99. The fourth-order valence-corrected chi connectivity index (χ4v) is 1.14. The molecule has 0 radical (unpaired) electrons. The number of rotatable bonds is 4. The van der Waals surface area contributed by atoms with Gasteiger partial charge in [-0.05, 0) is 13.0 Å². The monoisotopic (exact) mass is 196 g/mol. The maximum Gasteiger partial charge on any atom is 0.238 e. The van der Waals surface area contributed by atoms with E-state index in [0.29, 0.717) is 6.54 Å². The summed E-state index contributed by atoms with van der Waals surface area (Å²) in [7, 11) is 3.50. The minimum absolute atomic E-state index is 0.0773. The molecular formula is C10H16N2O2.